The Morgan fingerprint density at radius 1 is 1.29 bits per heavy atom. The predicted octanol–water partition coefficient (Wildman–Crippen LogP) is 0.396. The monoisotopic (exact) mass is 346 g/mol. The van der Waals surface area contributed by atoms with Crippen LogP contribution in [-0.2, 0) is 11.8 Å². The van der Waals surface area contributed by atoms with Gasteiger partial charge in [0.1, 0.15) is 12.4 Å². The van der Waals surface area contributed by atoms with E-state index in [-0.39, 0.29) is 5.91 Å². The summed E-state index contributed by atoms with van der Waals surface area (Å²) in [6, 6.07) is 11.1. The van der Waals surface area contributed by atoms with Crippen molar-refractivity contribution >= 4 is 17.7 Å². The van der Waals surface area contributed by atoms with Crippen LogP contribution < -0.4 is 4.90 Å². The molecule has 1 atom stereocenters. The summed E-state index contributed by atoms with van der Waals surface area (Å²) in [5.74, 6) is 0.616. The molecule has 1 amide bonds. The molecule has 2 heterocycles. The number of benzene rings is 1. The van der Waals surface area contributed by atoms with E-state index >= 15 is 0 Å². The van der Waals surface area contributed by atoms with Crippen LogP contribution in [0.15, 0.2) is 41.8 Å². The standard InChI is InChI=1S/C17H23N5OS/c1-14(15-6-4-3-5-7-15)21-8-10-22(11-9-21)16(23)12-24-17-19-18-13-20(17)2/h3-7,13-14H,8-12H2,1-2H3/p+1/t14-/m1/s1. The lowest BCUT2D eigenvalue weighted by Crippen LogP contribution is -3.14. The minimum atomic E-state index is 0.189. The molecule has 1 aromatic heterocycles. The van der Waals surface area contributed by atoms with Crippen molar-refractivity contribution in [1.82, 2.24) is 19.7 Å². The summed E-state index contributed by atoms with van der Waals surface area (Å²) in [5.41, 5.74) is 1.37. The molecule has 1 aliphatic heterocycles. The third kappa shape index (κ3) is 3.96. The van der Waals surface area contributed by atoms with Gasteiger partial charge in [-0.05, 0) is 6.92 Å². The highest BCUT2D eigenvalue weighted by Gasteiger charge is 2.27. The van der Waals surface area contributed by atoms with Crippen molar-refractivity contribution in [3.63, 3.8) is 0 Å². The van der Waals surface area contributed by atoms with Crippen molar-refractivity contribution < 1.29 is 9.69 Å². The molecule has 0 unspecified atom stereocenters. The van der Waals surface area contributed by atoms with Gasteiger partial charge < -0.3 is 14.4 Å². The van der Waals surface area contributed by atoms with Gasteiger partial charge in [0.25, 0.3) is 0 Å². The SMILES string of the molecule is C[C@H](c1ccccc1)[NH+]1CCN(C(=O)CSc2nncn2C)CC1. The number of rotatable bonds is 5. The molecule has 0 saturated carbocycles. The van der Waals surface area contributed by atoms with E-state index in [1.807, 2.05) is 16.5 Å². The van der Waals surface area contributed by atoms with Gasteiger partial charge >= 0.3 is 0 Å². The van der Waals surface area contributed by atoms with Crippen LogP contribution in [-0.4, -0.2) is 57.5 Å². The summed E-state index contributed by atoms with van der Waals surface area (Å²) in [4.78, 5) is 15.9. The van der Waals surface area contributed by atoms with E-state index in [2.05, 4.69) is 47.5 Å². The number of amides is 1. The fourth-order valence-corrected chi connectivity index (χ4v) is 3.87. The highest BCUT2D eigenvalue weighted by Crippen LogP contribution is 2.14. The Morgan fingerprint density at radius 3 is 2.62 bits per heavy atom. The topological polar surface area (TPSA) is 55.5 Å². The molecule has 1 saturated heterocycles. The Hall–Kier alpha value is -1.86. The molecule has 1 N–H and O–H groups in total. The highest BCUT2D eigenvalue weighted by atomic mass is 32.2. The largest absolute Gasteiger partial charge is 0.331 e. The molecule has 1 aromatic carbocycles. The zero-order valence-corrected chi connectivity index (χ0v) is 15.0. The molecule has 0 radical (unpaired) electrons. The summed E-state index contributed by atoms with van der Waals surface area (Å²) in [6.45, 7) is 5.91. The number of aromatic nitrogens is 3. The lowest BCUT2D eigenvalue weighted by molar-refractivity contribution is -0.933. The summed E-state index contributed by atoms with van der Waals surface area (Å²) >= 11 is 1.45. The first kappa shape index (κ1) is 17.0. The van der Waals surface area contributed by atoms with Gasteiger partial charge in [-0.3, -0.25) is 4.79 Å². The molecule has 1 fully saturated rings. The average Bonchev–Trinajstić information content (AvgIpc) is 3.05. The van der Waals surface area contributed by atoms with Gasteiger partial charge in [-0.15, -0.1) is 10.2 Å². The van der Waals surface area contributed by atoms with Crippen molar-refractivity contribution in [2.75, 3.05) is 31.9 Å². The van der Waals surface area contributed by atoms with Crippen LogP contribution in [0, 0.1) is 0 Å². The summed E-state index contributed by atoms with van der Waals surface area (Å²) < 4.78 is 1.83. The van der Waals surface area contributed by atoms with Gasteiger partial charge in [-0.25, -0.2) is 0 Å². The van der Waals surface area contributed by atoms with E-state index in [1.165, 1.54) is 17.3 Å². The van der Waals surface area contributed by atoms with Crippen LogP contribution in [0.3, 0.4) is 0 Å². The van der Waals surface area contributed by atoms with Crippen molar-refractivity contribution in [3.05, 3.63) is 42.2 Å². The van der Waals surface area contributed by atoms with Crippen LogP contribution in [0.5, 0.6) is 0 Å². The van der Waals surface area contributed by atoms with Crippen LogP contribution in [0.2, 0.25) is 0 Å². The highest BCUT2D eigenvalue weighted by molar-refractivity contribution is 7.99. The molecule has 0 spiro atoms. The first-order valence-electron chi connectivity index (χ1n) is 8.29. The molecule has 6 nitrogen and oxygen atoms in total. The summed E-state index contributed by atoms with van der Waals surface area (Å²) in [7, 11) is 1.89. The van der Waals surface area contributed by atoms with E-state index in [9.17, 15) is 4.79 Å². The maximum atomic E-state index is 12.4. The van der Waals surface area contributed by atoms with E-state index in [1.54, 1.807) is 11.2 Å². The summed E-state index contributed by atoms with van der Waals surface area (Å²) in [5, 5.41) is 8.62. The maximum Gasteiger partial charge on any atom is 0.233 e. The number of carbonyl (C=O) groups excluding carboxylic acids is 1. The minimum absolute atomic E-state index is 0.189. The second-order valence-corrected chi connectivity index (χ2v) is 7.13. The third-order valence-corrected chi connectivity index (χ3v) is 5.68. The molecule has 1 aliphatic rings. The zero-order valence-electron chi connectivity index (χ0n) is 14.2. The van der Waals surface area contributed by atoms with E-state index in [0.717, 1.165) is 31.3 Å². The van der Waals surface area contributed by atoms with Crippen molar-refractivity contribution in [2.45, 2.75) is 18.1 Å². The summed E-state index contributed by atoms with van der Waals surface area (Å²) in [6.07, 6.45) is 1.65. The van der Waals surface area contributed by atoms with Gasteiger partial charge in [0.15, 0.2) is 5.16 Å². The van der Waals surface area contributed by atoms with E-state index < -0.39 is 0 Å². The maximum absolute atomic E-state index is 12.4. The normalized spacial score (nSPS) is 17.0. The lowest BCUT2D eigenvalue weighted by atomic mass is 10.1. The van der Waals surface area contributed by atoms with Gasteiger partial charge in [0, 0.05) is 12.6 Å². The van der Waals surface area contributed by atoms with Gasteiger partial charge in [0.05, 0.1) is 31.9 Å². The number of piperazine rings is 1. The fourth-order valence-electron chi connectivity index (χ4n) is 3.07. The molecule has 0 aliphatic carbocycles. The molecule has 3 rings (SSSR count). The molecule has 2 aromatic rings. The first-order valence-corrected chi connectivity index (χ1v) is 9.28. The quantitative estimate of drug-likeness (QED) is 0.796. The number of hydrogen-bond donors (Lipinski definition) is 1. The van der Waals surface area contributed by atoms with Gasteiger partial charge in [-0.1, -0.05) is 42.1 Å². The number of nitrogens with one attached hydrogen (secondary N) is 1. The number of nitrogens with zero attached hydrogens (tertiary/aromatic N) is 4. The predicted molar refractivity (Wildman–Crippen MR) is 93.9 cm³/mol. The van der Waals surface area contributed by atoms with Crippen LogP contribution >= 0.6 is 11.8 Å². The second-order valence-electron chi connectivity index (χ2n) is 6.18. The Morgan fingerprint density at radius 2 is 2.00 bits per heavy atom. The Bertz CT molecular complexity index is 667. The van der Waals surface area contributed by atoms with E-state index in [0.29, 0.717) is 11.8 Å². The van der Waals surface area contributed by atoms with E-state index in [4.69, 9.17) is 0 Å². The first-order chi connectivity index (χ1) is 11.6. The third-order valence-electron chi connectivity index (χ3n) is 4.66. The van der Waals surface area contributed by atoms with Gasteiger partial charge in [0.2, 0.25) is 5.91 Å². The molecule has 128 valence electrons. The van der Waals surface area contributed by atoms with Crippen molar-refractivity contribution in [3.8, 4) is 0 Å². The molecular formula is C17H24N5OS+. The van der Waals surface area contributed by atoms with Crippen LogP contribution in [0.1, 0.15) is 18.5 Å². The smallest absolute Gasteiger partial charge is 0.233 e. The Balaban J connectivity index is 1.48. The van der Waals surface area contributed by atoms with Gasteiger partial charge in [-0.2, -0.15) is 0 Å². The fraction of sp³-hybridized carbons (Fsp3) is 0.471. The van der Waals surface area contributed by atoms with Crippen LogP contribution in [0.25, 0.3) is 0 Å². The number of aryl methyl sites for hydroxylation is 1. The average molecular weight is 346 g/mol. The number of carbonyl (C=O) groups is 1. The van der Waals surface area contributed by atoms with Crippen molar-refractivity contribution in [1.29, 1.82) is 0 Å². The minimum Gasteiger partial charge on any atom is -0.331 e. The lowest BCUT2D eigenvalue weighted by Gasteiger charge is -2.35. The Kier molecular flexibility index (Phi) is 5.52. The number of hydrogen-bond acceptors (Lipinski definition) is 4. The Labute approximate surface area is 146 Å². The van der Waals surface area contributed by atoms with Crippen LogP contribution in [0.4, 0.5) is 0 Å². The molecule has 0 bridgehead atoms. The van der Waals surface area contributed by atoms with Crippen molar-refractivity contribution in [2.24, 2.45) is 7.05 Å². The number of quaternary nitrogens is 1. The number of thioether (sulfide) groups is 1. The molecular weight excluding hydrogens is 322 g/mol. The zero-order chi connectivity index (χ0) is 16.9. The second kappa shape index (κ2) is 7.81. The molecule has 24 heavy (non-hydrogen) atoms. The molecule has 7 heteroatoms.